The van der Waals surface area contributed by atoms with Crippen molar-refractivity contribution >= 4 is 24.0 Å². The molecule has 194 valence electrons. The van der Waals surface area contributed by atoms with E-state index in [2.05, 4.69) is 10.1 Å². The molecule has 0 fully saturated rings. The van der Waals surface area contributed by atoms with Crippen LogP contribution in [-0.4, -0.2) is 56.5 Å². The fraction of sp³-hybridized carbons (Fsp3) is 0.385. The van der Waals surface area contributed by atoms with E-state index < -0.39 is 42.3 Å². The molecule has 0 aromatic heterocycles. The van der Waals surface area contributed by atoms with Crippen LogP contribution in [0, 0.1) is 0 Å². The van der Waals surface area contributed by atoms with Gasteiger partial charge in [-0.3, -0.25) is 0 Å². The van der Waals surface area contributed by atoms with Gasteiger partial charge in [-0.1, -0.05) is 36.4 Å². The molecule has 0 aliphatic rings. The minimum atomic E-state index is -1.11. The molecule has 0 saturated carbocycles. The summed E-state index contributed by atoms with van der Waals surface area (Å²) in [6, 6.07) is 12.5. The van der Waals surface area contributed by atoms with E-state index in [-0.39, 0.29) is 24.3 Å². The maximum Gasteiger partial charge on any atom is 0.408 e. The molecule has 10 heteroatoms. The summed E-state index contributed by atoms with van der Waals surface area (Å²) in [5, 5.41) is 2.54. The van der Waals surface area contributed by atoms with Gasteiger partial charge < -0.3 is 29.0 Å². The predicted octanol–water partition coefficient (Wildman–Crippen LogP) is 3.20. The molecule has 0 aliphatic heterocycles. The molecule has 1 amide bonds. The summed E-state index contributed by atoms with van der Waals surface area (Å²) in [4.78, 5) is 49.1. The van der Waals surface area contributed by atoms with Crippen molar-refractivity contribution in [1.82, 2.24) is 5.32 Å². The Kier molecular flexibility index (Phi) is 10.3. The smallest absolute Gasteiger partial charge is 0.408 e. The first-order chi connectivity index (χ1) is 17.0. The number of ether oxygens (including phenoxy) is 5. The van der Waals surface area contributed by atoms with Crippen LogP contribution in [0.5, 0.6) is 5.75 Å². The van der Waals surface area contributed by atoms with Crippen molar-refractivity contribution in [2.75, 3.05) is 20.8 Å². The molecule has 36 heavy (non-hydrogen) atoms. The van der Waals surface area contributed by atoms with Gasteiger partial charge in [0.15, 0.2) is 6.61 Å². The molecule has 10 nitrogen and oxygen atoms in total. The van der Waals surface area contributed by atoms with Crippen LogP contribution in [-0.2, 0) is 41.6 Å². The van der Waals surface area contributed by atoms with Gasteiger partial charge in [0.2, 0.25) is 0 Å². The van der Waals surface area contributed by atoms with Crippen molar-refractivity contribution in [3.63, 3.8) is 0 Å². The zero-order valence-electron chi connectivity index (χ0n) is 21.0. The highest BCUT2D eigenvalue weighted by atomic mass is 16.6. The zero-order valence-corrected chi connectivity index (χ0v) is 21.0. The number of alkyl carbamates (subject to hydrolysis) is 1. The number of hydrogen-bond donors (Lipinski definition) is 1. The number of nitrogens with one attached hydrogen (secondary N) is 1. The van der Waals surface area contributed by atoms with Crippen LogP contribution in [0.25, 0.3) is 0 Å². The molecule has 1 N–H and O–H groups in total. The summed E-state index contributed by atoms with van der Waals surface area (Å²) >= 11 is 0. The maximum atomic E-state index is 12.9. The largest absolute Gasteiger partial charge is 0.481 e. The van der Waals surface area contributed by atoms with Gasteiger partial charge in [0, 0.05) is 6.42 Å². The van der Waals surface area contributed by atoms with Crippen LogP contribution in [0.1, 0.15) is 42.3 Å². The second-order valence-corrected chi connectivity index (χ2v) is 8.68. The van der Waals surface area contributed by atoms with Gasteiger partial charge >= 0.3 is 24.0 Å². The SMILES string of the molecule is COC(=O)COc1ccc(C[C@H](NC(=O)OC(C)(C)C)C(=O)OCc2ccccc2)cc1C(=O)OC. The van der Waals surface area contributed by atoms with E-state index in [0.717, 1.165) is 5.56 Å². The van der Waals surface area contributed by atoms with Gasteiger partial charge in [-0.15, -0.1) is 0 Å². The van der Waals surface area contributed by atoms with Crippen LogP contribution in [0.2, 0.25) is 0 Å². The van der Waals surface area contributed by atoms with E-state index in [4.69, 9.17) is 18.9 Å². The number of rotatable bonds is 10. The first-order valence-electron chi connectivity index (χ1n) is 11.1. The highest BCUT2D eigenvalue weighted by Gasteiger charge is 2.27. The Hall–Kier alpha value is -4.08. The molecule has 0 unspecified atom stereocenters. The summed E-state index contributed by atoms with van der Waals surface area (Å²) in [5.41, 5.74) is 0.535. The van der Waals surface area contributed by atoms with Crippen LogP contribution < -0.4 is 10.1 Å². The first-order valence-corrected chi connectivity index (χ1v) is 11.1. The number of carbonyl (C=O) groups is 4. The van der Waals surface area contributed by atoms with E-state index in [1.54, 1.807) is 39.0 Å². The topological polar surface area (TPSA) is 126 Å². The van der Waals surface area contributed by atoms with Gasteiger partial charge in [-0.05, 0) is 44.0 Å². The highest BCUT2D eigenvalue weighted by Crippen LogP contribution is 2.23. The standard InChI is InChI=1S/C26H31NO9/c1-26(2,3)36-25(31)27-20(24(30)35-15-17-9-7-6-8-10-17)14-18-11-12-21(34-16-22(28)32-4)19(13-18)23(29)33-5/h6-13,20H,14-16H2,1-5H3,(H,27,31)/t20-/m0/s1. The first kappa shape index (κ1) is 28.2. The van der Waals surface area contributed by atoms with Crippen LogP contribution in [0.3, 0.4) is 0 Å². The number of amides is 1. The molecule has 2 rings (SSSR count). The average molecular weight is 502 g/mol. The van der Waals surface area contributed by atoms with Crippen molar-refractivity contribution in [1.29, 1.82) is 0 Å². The third-order valence-corrected chi connectivity index (χ3v) is 4.66. The number of esters is 3. The Labute approximate surface area is 209 Å². The van der Waals surface area contributed by atoms with Crippen LogP contribution in [0.15, 0.2) is 48.5 Å². The summed E-state index contributed by atoms with van der Waals surface area (Å²) in [6.45, 7) is 4.70. The van der Waals surface area contributed by atoms with E-state index >= 15 is 0 Å². The third-order valence-electron chi connectivity index (χ3n) is 4.66. The van der Waals surface area contributed by atoms with Gasteiger partial charge in [0.1, 0.15) is 29.6 Å². The third kappa shape index (κ3) is 9.28. The minimum absolute atomic E-state index is 0.0138. The fourth-order valence-electron chi connectivity index (χ4n) is 3.00. The summed E-state index contributed by atoms with van der Waals surface area (Å²) in [5.74, 6) is -1.92. The van der Waals surface area contributed by atoms with E-state index in [1.165, 1.54) is 26.4 Å². The van der Waals surface area contributed by atoms with Crippen molar-refractivity contribution < 1.29 is 42.9 Å². The number of hydrogen-bond acceptors (Lipinski definition) is 9. The molecular formula is C26H31NO9. The lowest BCUT2D eigenvalue weighted by atomic mass is 10.0. The molecule has 0 bridgehead atoms. The summed E-state index contributed by atoms with van der Waals surface area (Å²) in [7, 11) is 2.41. The zero-order chi connectivity index (χ0) is 26.7. The van der Waals surface area contributed by atoms with E-state index in [9.17, 15) is 19.2 Å². The lowest BCUT2D eigenvalue weighted by molar-refractivity contribution is -0.147. The van der Waals surface area contributed by atoms with Crippen molar-refractivity contribution in [3.8, 4) is 5.75 Å². The highest BCUT2D eigenvalue weighted by molar-refractivity contribution is 5.93. The van der Waals surface area contributed by atoms with Crippen molar-refractivity contribution in [2.24, 2.45) is 0 Å². The second kappa shape index (κ2) is 13.1. The lowest BCUT2D eigenvalue weighted by Crippen LogP contribution is -2.45. The minimum Gasteiger partial charge on any atom is -0.481 e. The molecule has 1 atom stereocenters. The molecule has 0 spiro atoms. The Morgan fingerprint density at radius 1 is 0.917 bits per heavy atom. The molecule has 2 aromatic carbocycles. The summed E-state index contributed by atoms with van der Waals surface area (Å²) in [6.07, 6.45) is -0.816. The Morgan fingerprint density at radius 3 is 2.22 bits per heavy atom. The fourth-order valence-corrected chi connectivity index (χ4v) is 3.00. The molecule has 0 heterocycles. The van der Waals surface area contributed by atoms with Crippen LogP contribution >= 0.6 is 0 Å². The van der Waals surface area contributed by atoms with Gasteiger partial charge in [-0.25, -0.2) is 19.2 Å². The quantitative estimate of drug-likeness (QED) is 0.386. The Balaban J connectivity index is 2.25. The van der Waals surface area contributed by atoms with E-state index in [0.29, 0.717) is 5.56 Å². The lowest BCUT2D eigenvalue weighted by Gasteiger charge is -2.23. The van der Waals surface area contributed by atoms with Crippen molar-refractivity contribution in [2.45, 2.75) is 45.4 Å². The number of methoxy groups -OCH3 is 2. The monoisotopic (exact) mass is 501 g/mol. The number of carbonyl (C=O) groups excluding carboxylic acids is 4. The molecule has 2 aromatic rings. The maximum absolute atomic E-state index is 12.9. The Bertz CT molecular complexity index is 1060. The summed E-state index contributed by atoms with van der Waals surface area (Å²) < 4.78 is 25.4. The van der Waals surface area contributed by atoms with E-state index in [1.807, 2.05) is 18.2 Å². The van der Waals surface area contributed by atoms with Crippen LogP contribution in [0.4, 0.5) is 4.79 Å². The predicted molar refractivity (Wildman–Crippen MR) is 128 cm³/mol. The van der Waals surface area contributed by atoms with Gasteiger partial charge in [0.25, 0.3) is 0 Å². The Morgan fingerprint density at radius 2 is 1.61 bits per heavy atom. The number of benzene rings is 2. The normalized spacial score (nSPS) is 11.6. The molecular weight excluding hydrogens is 470 g/mol. The average Bonchev–Trinajstić information content (AvgIpc) is 2.84. The molecule has 0 aliphatic carbocycles. The molecule has 0 saturated heterocycles. The molecule has 0 radical (unpaired) electrons. The second-order valence-electron chi connectivity index (χ2n) is 8.68. The van der Waals surface area contributed by atoms with Crippen molar-refractivity contribution in [3.05, 3.63) is 65.2 Å². The van der Waals surface area contributed by atoms with Gasteiger partial charge in [-0.2, -0.15) is 0 Å². The van der Waals surface area contributed by atoms with Gasteiger partial charge in [0.05, 0.1) is 14.2 Å².